The van der Waals surface area contributed by atoms with Gasteiger partial charge in [-0.25, -0.2) is 19.0 Å². The maximum absolute atomic E-state index is 13.3. The van der Waals surface area contributed by atoms with Crippen molar-refractivity contribution in [2.45, 2.75) is 26.3 Å². The van der Waals surface area contributed by atoms with E-state index in [1.54, 1.807) is 35.3 Å². The minimum atomic E-state index is -0.348. The third-order valence-electron chi connectivity index (χ3n) is 3.75. The third kappa shape index (κ3) is 4.02. The molecule has 0 fully saturated rings. The van der Waals surface area contributed by atoms with Crippen LogP contribution in [-0.4, -0.2) is 25.7 Å². The molecule has 7 nitrogen and oxygen atoms in total. The Morgan fingerprint density at radius 3 is 2.85 bits per heavy atom. The number of nitrogens with one attached hydrogen (secondary N) is 1. The molecule has 0 unspecified atom stereocenters. The molecule has 0 aliphatic carbocycles. The number of nitrogens with two attached hydrogens (primary N) is 1. The second kappa shape index (κ2) is 7.30. The molecule has 8 heteroatoms. The normalized spacial score (nSPS) is 10.9. The molecule has 3 N–H and O–H groups in total. The van der Waals surface area contributed by atoms with Gasteiger partial charge in [-0.05, 0) is 30.2 Å². The number of aromatic nitrogens is 4. The second-order valence-corrected chi connectivity index (χ2v) is 6.15. The molecule has 134 valence electrons. The molecular formula is C18H19FN6O. The summed E-state index contributed by atoms with van der Waals surface area (Å²) in [7, 11) is 0. The van der Waals surface area contributed by atoms with E-state index < -0.39 is 0 Å². The minimum absolute atomic E-state index is 0.0697. The number of anilines is 1. The lowest BCUT2D eigenvalue weighted by atomic mass is 10.1. The zero-order chi connectivity index (χ0) is 18.7. The summed E-state index contributed by atoms with van der Waals surface area (Å²) in [5.41, 5.74) is 7.98. The Balaban J connectivity index is 1.69. The van der Waals surface area contributed by atoms with Crippen LogP contribution in [0.3, 0.4) is 0 Å². The largest absolute Gasteiger partial charge is 0.368 e. The number of nitrogen functional groups attached to an aromatic ring is 1. The number of halogens is 1. The van der Waals surface area contributed by atoms with Gasteiger partial charge in [-0.15, -0.1) is 0 Å². The summed E-state index contributed by atoms with van der Waals surface area (Å²) >= 11 is 0. The van der Waals surface area contributed by atoms with Gasteiger partial charge in [-0.2, -0.15) is 5.10 Å². The van der Waals surface area contributed by atoms with Crippen molar-refractivity contribution in [2.75, 3.05) is 5.73 Å². The van der Waals surface area contributed by atoms with Crippen LogP contribution in [-0.2, 0) is 6.54 Å². The Hall–Kier alpha value is -3.29. The lowest BCUT2D eigenvalue weighted by Crippen LogP contribution is -2.24. The third-order valence-corrected chi connectivity index (χ3v) is 3.75. The standard InChI is InChI=1S/C18H19FN6O/c1-11(2)15-7-16(24-18(20)23-15)17(26)21-8-12-9-22-25(10-12)14-5-3-4-13(19)6-14/h3-7,9-11H,8H2,1-2H3,(H,21,26)(H2,20,23,24). The van der Waals surface area contributed by atoms with E-state index in [-0.39, 0.29) is 35.8 Å². The summed E-state index contributed by atoms with van der Waals surface area (Å²) in [4.78, 5) is 20.4. The van der Waals surface area contributed by atoms with Crippen LogP contribution in [0.5, 0.6) is 0 Å². The van der Waals surface area contributed by atoms with Crippen LogP contribution in [0.1, 0.15) is 41.5 Å². The van der Waals surface area contributed by atoms with E-state index in [9.17, 15) is 9.18 Å². The van der Waals surface area contributed by atoms with Gasteiger partial charge in [0.1, 0.15) is 11.5 Å². The molecule has 0 saturated heterocycles. The Kier molecular flexibility index (Phi) is 4.92. The molecule has 0 radical (unpaired) electrons. The zero-order valence-electron chi connectivity index (χ0n) is 14.5. The van der Waals surface area contributed by atoms with E-state index >= 15 is 0 Å². The fourth-order valence-corrected chi connectivity index (χ4v) is 2.38. The molecule has 3 aromatic rings. The summed E-state index contributed by atoms with van der Waals surface area (Å²) in [5.74, 6) is -0.480. The van der Waals surface area contributed by atoms with Crippen molar-refractivity contribution in [3.63, 3.8) is 0 Å². The highest BCUT2D eigenvalue weighted by Crippen LogP contribution is 2.14. The number of benzene rings is 1. The molecule has 2 heterocycles. The van der Waals surface area contributed by atoms with Crippen LogP contribution in [0.4, 0.5) is 10.3 Å². The van der Waals surface area contributed by atoms with Crippen LogP contribution in [0.15, 0.2) is 42.7 Å². The van der Waals surface area contributed by atoms with Gasteiger partial charge < -0.3 is 11.1 Å². The SMILES string of the molecule is CC(C)c1cc(C(=O)NCc2cnn(-c3cccc(F)c3)c2)nc(N)n1. The smallest absolute Gasteiger partial charge is 0.270 e. The molecule has 0 aliphatic heterocycles. The van der Waals surface area contributed by atoms with Crippen molar-refractivity contribution in [3.05, 3.63) is 65.5 Å². The first-order valence-corrected chi connectivity index (χ1v) is 8.14. The summed E-state index contributed by atoms with van der Waals surface area (Å²) in [5, 5.41) is 6.96. The first-order chi connectivity index (χ1) is 12.4. The number of nitrogens with zero attached hydrogens (tertiary/aromatic N) is 4. The number of carbonyl (C=O) groups is 1. The molecule has 26 heavy (non-hydrogen) atoms. The molecule has 1 amide bonds. The number of hydrogen-bond acceptors (Lipinski definition) is 5. The van der Waals surface area contributed by atoms with Gasteiger partial charge in [-0.1, -0.05) is 19.9 Å². The van der Waals surface area contributed by atoms with Crippen LogP contribution in [0.2, 0.25) is 0 Å². The van der Waals surface area contributed by atoms with Gasteiger partial charge in [0.25, 0.3) is 5.91 Å². The molecule has 0 aliphatic rings. The Bertz CT molecular complexity index is 937. The molecule has 0 bridgehead atoms. The van der Waals surface area contributed by atoms with Gasteiger partial charge in [0, 0.05) is 24.0 Å². The quantitative estimate of drug-likeness (QED) is 0.733. The van der Waals surface area contributed by atoms with Crippen LogP contribution in [0, 0.1) is 5.82 Å². The minimum Gasteiger partial charge on any atom is -0.368 e. The zero-order valence-corrected chi connectivity index (χ0v) is 14.5. The second-order valence-electron chi connectivity index (χ2n) is 6.15. The Morgan fingerprint density at radius 2 is 2.12 bits per heavy atom. The number of hydrogen-bond donors (Lipinski definition) is 2. The van der Waals surface area contributed by atoms with E-state index in [0.717, 1.165) is 5.56 Å². The number of carbonyl (C=O) groups excluding carboxylic acids is 1. The van der Waals surface area contributed by atoms with Crippen molar-refractivity contribution in [1.82, 2.24) is 25.1 Å². The lowest BCUT2D eigenvalue weighted by Gasteiger charge is -2.08. The fourth-order valence-electron chi connectivity index (χ4n) is 2.38. The first kappa shape index (κ1) is 17.5. The van der Waals surface area contributed by atoms with Crippen molar-refractivity contribution in [1.29, 1.82) is 0 Å². The van der Waals surface area contributed by atoms with E-state index in [0.29, 0.717) is 11.4 Å². The van der Waals surface area contributed by atoms with Crippen LogP contribution in [0.25, 0.3) is 5.69 Å². The average molecular weight is 354 g/mol. The van der Waals surface area contributed by atoms with E-state index in [1.165, 1.54) is 12.1 Å². The predicted molar refractivity (Wildman–Crippen MR) is 95.2 cm³/mol. The lowest BCUT2D eigenvalue weighted by molar-refractivity contribution is 0.0945. The number of rotatable bonds is 5. The summed E-state index contributed by atoms with van der Waals surface area (Å²) < 4.78 is 14.8. The van der Waals surface area contributed by atoms with Gasteiger partial charge in [0.15, 0.2) is 0 Å². The van der Waals surface area contributed by atoms with E-state index in [2.05, 4.69) is 20.4 Å². The fraction of sp³-hybridized carbons (Fsp3) is 0.222. The average Bonchev–Trinajstić information content (AvgIpc) is 3.08. The van der Waals surface area contributed by atoms with Crippen LogP contribution < -0.4 is 11.1 Å². The Labute approximate surface area is 150 Å². The van der Waals surface area contributed by atoms with Gasteiger partial charge in [0.2, 0.25) is 5.95 Å². The molecule has 2 aromatic heterocycles. The van der Waals surface area contributed by atoms with Crippen molar-refractivity contribution in [3.8, 4) is 5.69 Å². The molecule has 0 spiro atoms. The molecule has 0 saturated carbocycles. The maximum Gasteiger partial charge on any atom is 0.270 e. The molecule has 0 atom stereocenters. The summed E-state index contributed by atoms with van der Waals surface area (Å²) in [6.07, 6.45) is 3.34. The first-order valence-electron chi connectivity index (χ1n) is 8.14. The monoisotopic (exact) mass is 354 g/mol. The van der Waals surface area contributed by atoms with Gasteiger partial charge >= 0.3 is 0 Å². The van der Waals surface area contributed by atoms with E-state index in [4.69, 9.17) is 5.73 Å². The van der Waals surface area contributed by atoms with Crippen molar-refractivity contribution < 1.29 is 9.18 Å². The van der Waals surface area contributed by atoms with Crippen molar-refractivity contribution in [2.24, 2.45) is 0 Å². The molecule has 3 rings (SSSR count). The topological polar surface area (TPSA) is 98.7 Å². The van der Waals surface area contributed by atoms with Gasteiger partial charge in [-0.3, -0.25) is 4.79 Å². The highest BCUT2D eigenvalue weighted by Gasteiger charge is 2.13. The van der Waals surface area contributed by atoms with Crippen LogP contribution >= 0.6 is 0 Å². The Morgan fingerprint density at radius 1 is 1.31 bits per heavy atom. The molecule has 1 aromatic carbocycles. The van der Waals surface area contributed by atoms with Gasteiger partial charge in [0.05, 0.1) is 11.9 Å². The summed E-state index contributed by atoms with van der Waals surface area (Å²) in [6, 6.07) is 7.74. The van der Waals surface area contributed by atoms with E-state index in [1.807, 2.05) is 13.8 Å². The van der Waals surface area contributed by atoms with Crippen molar-refractivity contribution >= 4 is 11.9 Å². The highest BCUT2D eigenvalue weighted by molar-refractivity contribution is 5.92. The maximum atomic E-state index is 13.3. The highest BCUT2D eigenvalue weighted by atomic mass is 19.1. The summed E-state index contributed by atoms with van der Waals surface area (Å²) in [6.45, 7) is 4.18. The molecular weight excluding hydrogens is 335 g/mol. The number of amides is 1. The predicted octanol–water partition coefficient (Wildman–Crippen LogP) is 2.44.